The minimum atomic E-state index is 0.862. The van der Waals surface area contributed by atoms with Gasteiger partial charge in [0, 0.05) is 77.0 Å². The molecule has 0 unspecified atom stereocenters. The first kappa shape index (κ1) is 43.9. The molecule has 0 fully saturated rings. The van der Waals surface area contributed by atoms with Gasteiger partial charge in [0.1, 0.15) is 0 Å². The van der Waals surface area contributed by atoms with E-state index in [-0.39, 0.29) is 0 Å². The van der Waals surface area contributed by atoms with Crippen LogP contribution in [-0.2, 0) is 0 Å². The van der Waals surface area contributed by atoms with Crippen LogP contribution in [0.4, 0.5) is 0 Å². The van der Waals surface area contributed by atoms with E-state index < -0.39 is 0 Å². The Bertz CT molecular complexity index is 4350. The van der Waals surface area contributed by atoms with Gasteiger partial charge < -0.3 is 18.3 Å². The van der Waals surface area contributed by atoms with E-state index in [1.165, 1.54) is 43.1 Å². The zero-order valence-corrected chi connectivity index (χ0v) is 42.4. The highest BCUT2D eigenvalue weighted by Crippen LogP contribution is 2.42. The molecule has 0 saturated heterocycles. The topological polar surface area (TPSA) is 32.6 Å². The van der Waals surface area contributed by atoms with Crippen LogP contribution < -0.4 is 0 Å². The van der Waals surface area contributed by atoms with E-state index >= 15 is 0 Å². The number of pyridine rings is 1. The van der Waals surface area contributed by atoms with Gasteiger partial charge in [-0.25, -0.2) is 4.98 Å². The van der Waals surface area contributed by atoms with E-state index in [9.17, 15) is 0 Å². The van der Waals surface area contributed by atoms with Crippen molar-refractivity contribution in [3.05, 3.63) is 279 Å². The van der Waals surface area contributed by atoms with Crippen molar-refractivity contribution >= 4 is 93.3 Å². The van der Waals surface area contributed by atoms with E-state index in [1.54, 1.807) is 0 Å². The number of para-hydroxylation sites is 8. The van der Waals surface area contributed by atoms with E-state index in [0.29, 0.717) is 0 Å². The average molecular weight is 994 g/mol. The third-order valence-electron chi connectivity index (χ3n) is 16.1. The Balaban J connectivity index is 1.01. The quantitative estimate of drug-likeness (QED) is 0.149. The predicted molar refractivity (Wildman–Crippen MR) is 328 cm³/mol. The molecule has 11 aromatic carbocycles. The molecule has 0 atom stereocenters. The van der Waals surface area contributed by atoms with E-state index in [1.807, 2.05) is 6.08 Å². The van der Waals surface area contributed by atoms with E-state index in [0.717, 1.165) is 106 Å². The third kappa shape index (κ3) is 6.71. The molecule has 16 rings (SSSR count). The van der Waals surface area contributed by atoms with Crippen LogP contribution in [0.2, 0.25) is 0 Å². The van der Waals surface area contributed by atoms with Gasteiger partial charge in [0.2, 0.25) is 0 Å². The van der Waals surface area contributed by atoms with Gasteiger partial charge in [-0.15, -0.1) is 0 Å². The first-order valence-electron chi connectivity index (χ1n) is 26.6. The number of hydrogen-bond donors (Lipinski definition) is 0. The van der Waals surface area contributed by atoms with Gasteiger partial charge in [-0.05, 0) is 114 Å². The maximum absolute atomic E-state index is 5.87. The van der Waals surface area contributed by atoms with Gasteiger partial charge in [-0.2, -0.15) is 0 Å². The summed E-state index contributed by atoms with van der Waals surface area (Å²) in [4.78, 5) is 5.87. The van der Waals surface area contributed by atoms with Crippen LogP contribution >= 0.6 is 0 Å². The fourth-order valence-electron chi connectivity index (χ4n) is 12.6. The summed E-state index contributed by atoms with van der Waals surface area (Å²) in [5.41, 5.74) is 20.3. The monoisotopic (exact) mass is 993 g/mol. The smallest absolute Gasteiger partial charge is 0.0717 e. The molecule has 0 saturated carbocycles. The minimum Gasteiger partial charge on any atom is -0.309 e. The summed E-state index contributed by atoms with van der Waals surface area (Å²) in [6.07, 6.45) is 1.90. The van der Waals surface area contributed by atoms with Crippen molar-refractivity contribution in [1.82, 2.24) is 23.3 Å². The Kier molecular flexibility index (Phi) is 9.72. The van der Waals surface area contributed by atoms with Crippen molar-refractivity contribution in [2.24, 2.45) is 0 Å². The lowest BCUT2D eigenvalue weighted by Gasteiger charge is -2.18. The zero-order valence-electron chi connectivity index (χ0n) is 42.4. The largest absolute Gasteiger partial charge is 0.309 e. The van der Waals surface area contributed by atoms with Crippen LogP contribution in [0.5, 0.6) is 0 Å². The highest BCUT2D eigenvalue weighted by Gasteiger charge is 2.22. The highest BCUT2D eigenvalue weighted by atomic mass is 15.0. The summed E-state index contributed by atoms with van der Waals surface area (Å²) < 4.78 is 9.71. The Hall–Kier alpha value is -10.5. The zero-order chi connectivity index (χ0) is 51.4. The molecule has 5 heteroatoms. The minimum absolute atomic E-state index is 0.862. The summed E-state index contributed by atoms with van der Waals surface area (Å²) in [6, 6.07) is 97.4. The first-order valence-corrected chi connectivity index (χ1v) is 26.6. The third-order valence-corrected chi connectivity index (χ3v) is 16.1. The molecule has 5 nitrogen and oxygen atoms in total. The summed E-state index contributed by atoms with van der Waals surface area (Å²) in [5, 5.41) is 9.70. The van der Waals surface area contributed by atoms with Crippen LogP contribution in [0.25, 0.3) is 150 Å². The van der Waals surface area contributed by atoms with Crippen LogP contribution in [-0.4, -0.2) is 23.3 Å². The van der Waals surface area contributed by atoms with Crippen molar-refractivity contribution in [2.75, 3.05) is 0 Å². The Labute approximate surface area is 449 Å². The molecule has 0 aliphatic rings. The summed E-state index contributed by atoms with van der Waals surface area (Å²) in [7, 11) is 0. The molecular formula is C73H47N5. The Morgan fingerprint density at radius 3 is 0.731 bits per heavy atom. The molecule has 0 radical (unpaired) electrons. The number of aromatic nitrogens is 5. The van der Waals surface area contributed by atoms with Gasteiger partial charge in [0.15, 0.2) is 0 Å². The van der Waals surface area contributed by atoms with Crippen LogP contribution in [0.3, 0.4) is 0 Å². The number of hydrogen-bond acceptors (Lipinski definition) is 1. The Morgan fingerprint density at radius 1 is 0.244 bits per heavy atom. The van der Waals surface area contributed by atoms with Crippen molar-refractivity contribution in [3.63, 3.8) is 0 Å². The van der Waals surface area contributed by atoms with Gasteiger partial charge in [0.25, 0.3) is 0 Å². The number of fused-ring (bicyclic) bond motifs is 12. The van der Waals surface area contributed by atoms with Crippen molar-refractivity contribution < 1.29 is 0 Å². The molecule has 364 valence electrons. The van der Waals surface area contributed by atoms with Gasteiger partial charge in [0.05, 0.1) is 55.5 Å². The summed E-state index contributed by atoms with van der Waals surface area (Å²) >= 11 is 0. The molecule has 5 heterocycles. The molecule has 78 heavy (non-hydrogen) atoms. The Morgan fingerprint density at radius 2 is 0.487 bits per heavy atom. The SMILES string of the molecule is C=Cc1ccc(-c2cc(-c3cc(-n4c5ccccc5c5ccccc54)cc(-n4c5ccccc5c5ccccc54)c3)nc(-c3cc(-n4c5ccccc5c5ccccc54)cc(-n4c5ccccc5c5ccccc54)c3)c2)cc1. The number of rotatable bonds is 8. The second-order valence-corrected chi connectivity index (χ2v) is 20.4. The molecule has 5 aromatic heterocycles. The molecule has 16 aromatic rings. The molecule has 0 aliphatic carbocycles. The van der Waals surface area contributed by atoms with E-state index in [2.05, 4.69) is 292 Å². The normalized spacial score (nSPS) is 11.9. The fraction of sp³-hybridized carbons (Fsp3) is 0. The molecule has 0 N–H and O–H groups in total. The van der Waals surface area contributed by atoms with Crippen LogP contribution in [0.15, 0.2) is 273 Å². The maximum Gasteiger partial charge on any atom is 0.0717 e. The number of nitrogens with zero attached hydrogens (tertiary/aromatic N) is 5. The maximum atomic E-state index is 5.87. The second kappa shape index (κ2) is 17.3. The van der Waals surface area contributed by atoms with E-state index in [4.69, 9.17) is 4.98 Å². The predicted octanol–water partition coefficient (Wildman–Crippen LogP) is 19.1. The second-order valence-electron chi connectivity index (χ2n) is 20.4. The van der Waals surface area contributed by atoms with Crippen molar-refractivity contribution in [2.45, 2.75) is 0 Å². The highest BCUT2D eigenvalue weighted by molar-refractivity contribution is 6.13. The molecular weight excluding hydrogens is 947 g/mol. The molecule has 0 spiro atoms. The summed E-state index contributed by atoms with van der Waals surface area (Å²) in [5.74, 6) is 0. The molecule has 0 aliphatic heterocycles. The lowest BCUT2D eigenvalue weighted by Crippen LogP contribution is -2.02. The first-order chi connectivity index (χ1) is 38.6. The van der Waals surface area contributed by atoms with Crippen molar-refractivity contribution in [1.29, 1.82) is 0 Å². The van der Waals surface area contributed by atoms with Gasteiger partial charge >= 0.3 is 0 Å². The van der Waals surface area contributed by atoms with Crippen LogP contribution in [0.1, 0.15) is 5.56 Å². The van der Waals surface area contributed by atoms with Gasteiger partial charge in [-0.3, -0.25) is 0 Å². The number of benzene rings is 11. The molecule has 0 amide bonds. The lowest BCUT2D eigenvalue weighted by molar-refractivity contribution is 1.13. The lowest BCUT2D eigenvalue weighted by atomic mass is 9.98. The molecule has 0 bridgehead atoms. The van der Waals surface area contributed by atoms with Crippen LogP contribution in [0, 0.1) is 0 Å². The standard InChI is InChI=1S/C73H47N5/c1-2-47-35-37-48(38-36-47)49-43-64(50-39-52(75-66-27-11-3-19-56(66)57-20-4-12-28-67(57)75)45-53(40-50)76-68-29-13-5-21-58(68)59-22-6-14-30-69(59)76)74-65(44-49)51-41-54(77-70-31-15-7-23-60(70)61-24-8-16-32-71(61)77)46-55(42-51)78-72-33-17-9-25-62(72)63-26-10-18-34-73(63)78/h2-46H,1H2. The average Bonchev–Trinajstić information content (AvgIpc) is 4.28. The van der Waals surface area contributed by atoms with Gasteiger partial charge in [-0.1, -0.05) is 183 Å². The fourth-order valence-corrected chi connectivity index (χ4v) is 12.6. The van der Waals surface area contributed by atoms with Crippen molar-refractivity contribution in [3.8, 4) is 56.4 Å². The summed E-state index contributed by atoms with van der Waals surface area (Å²) in [6.45, 7) is 4.09.